The number of aliphatic hydroxyl groups excluding tert-OH is 2. The number of halogens is 1. The van der Waals surface area contributed by atoms with Gasteiger partial charge in [0.05, 0.1) is 45.7 Å². The predicted molar refractivity (Wildman–Crippen MR) is 413 cm³/mol. The number of aliphatic hydroxyl groups is 2. The molecule has 0 bridgehead atoms. The van der Waals surface area contributed by atoms with Crippen molar-refractivity contribution in [2.75, 3.05) is 105 Å². The van der Waals surface area contributed by atoms with E-state index >= 15 is 0 Å². The quantitative estimate of drug-likeness (QED) is 0.0135. The average molecular weight is 1480 g/mol. The number of nitrogens with two attached hydrogens (primary N) is 2. The van der Waals surface area contributed by atoms with Gasteiger partial charge in [-0.1, -0.05) is 108 Å². The first-order chi connectivity index (χ1) is 51.3. The van der Waals surface area contributed by atoms with Gasteiger partial charge in [-0.05, 0) is 170 Å². The number of ketones is 2. The van der Waals surface area contributed by atoms with Crippen LogP contribution in [0.15, 0.2) is 164 Å². The number of morpholine rings is 3. The highest BCUT2D eigenvalue weighted by molar-refractivity contribution is 6.00. The molecule has 0 unspecified atom stereocenters. The minimum Gasteiger partial charge on any atom is -0.460 e. The van der Waals surface area contributed by atoms with Crippen molar-refractivity contribution in [3.8, 4) is 35.5 Å². The van der Waals surface area contributed by atoms with Crippen LogP contribution < -0.4 is 32.9 Å². The van der Waals surface area contributed by atoms with Gasteiger partial charge in [-0.2, -0.15) is 0 Å². The van der Waals surface area contributed by atoms with Gasteiger partial charge in [0, 0.05) is 112 Å². The van der Waals surface area contributed by atoms with Crippen molar-refractivity contribution in [3.63, 3.8) is 0 Å². The third kappa shape index (κ3) is 31.8. The Hall–Kier alpha value is -10.2. The van der Waals surface area contributed by atoms with Gasteiger partial charge < -0.3 is 56.6 Å². The number of allylic oxidation sites excluding steroid dienone is 3. The van der Waals surface area contributed by atoms with Crippen LogP contribution in [0.1, 0.15) is 115 Å². The number of amides is 4. The second-order valence-electron chi connectivity index (χ2n) is 25.8. The zero-order valence-corrected chi connectivity index (χ0v) is 61.5. The summed E-state index contributed by atoms with van der Waals surface area (Å²) < 4.78 is 21.4. The van der Waals surface area contributed by atoms with Crippen LogP contribution in [0.2, 0.25) is 0 Å². The lowest BCUT2D eigenvalue weighted by Gasteiger charge is -2.26. The van der Waals surface area contributed by atoms with Gasteiger partial charge in [0.2, 0.25) is 0 Å². The topological polar surface area (TPSA) is 327 Å². The van der Waals surface area contributed by atoms with Gasteiger partial charge in [0.25, 0.3) is 23.6 Å². The lowest BCUT2D eigenvalue weighted by atomic mass is 10.1. The van der Waals surface area contributed by atoms with E-state index in [1.807, 2.05) is 54.6 Å². The first-order valence-electron chi connectivity index (χ1n) is 35.1. The molecule has 0 aromatic heterocycles. The summed E-state index contributed by atoms with van der Waals surface area (Å²) in [6.45, 7) is 17.0. The van der Waals surface area contributed by atoms with Crippen molar-refractivity contribution in [1.29, 1.82) is 0 Å². The number of carbonyl (C=O) groups excluding carboxylic acids is 7. The fourth-order valence-electron chi connectivity index (χ4n) is 10.7. The molecule has 6 aromatic carbocycles. The largest absolute Gasteiger partial charge is 0.460 e. The van der Waals surface area contributed by atoms with Gasteiger partial charge in [-0.25, -0.2) is 5.48 Å². The number of rotatable bonds is 25. The average Bonchev–Trinajstić information content (AvgIpc) is 0.848. The Morgan fingerprint density at radius 3 is 1.06 bits per heavy atom. The number of nitrogens with one attached hydrogen (secondary N) is 4. The maximum absolute atomic E-state index is 12.7. The van der Waals surface area contributed by atoms with E-state index < -0.39 is 78.1 Å². The molecule has 3 atom stereocenters. The Kier molecular flexibility index (Phi) is 37.4. The van der Waals surface area contributed by atoms with E-state index in [1.54, 1.807) is 112 Å². The first kappa shape index (κ1) is 85.7. The van der Waals surface area contributed by atoms with E-state index in [2.05, 4.69) is 103 Å². The number of carbonyl (C=O) groups is 7. The van der Waals surface area contributed by atoms with Crippen LogP contribution in [0.3, 0.4) is 0 Å². The maximum Gasteiger partial charge on any atom is 0.306 e. The van der Waals surface area contributed by atoms with E-state index in [4.69, 9.17) is 40.7 Å². The maximum atomic E-state index is 12.7. The van der Waals surface area contributed by atoms with E-state index in [-0.39, 0.29) is 38.3 Å². The van der Waals surface area contributed by atoms with E-state index in [1.165, 1.54) is 22.2 Å². The molecule has 23 nitrogen and oxygen atoms in total. The highest BCUT2D eigenvalue weighted by atomic mass is 35.5. The third-order valence-electron chi connectivity index (χ3n) is 16.6. The monoisotopic (exact) mass is 1480 g/mol. The lowest BCUT2D eigenvalue weighted by molar-refractivity contribution is -0.155. The summed E-state index contributed by atoms with van der Waals surface area (Å²) in [6.07, 6.45) is 10.8. The molecule has 11 N–H and O–H groups in total. The van der Waals surface area contributed by atoms with Crippen molar-refractivity contribution >= 4 is 71.8 Å². The molecule has 6 aromatic rings. The highest BCUT2D eigenvalue weighted by Crippen LogP contribution is 2.16. The Morgan fingerprint density at radius 2 is 0.766 bits per heavy atom. The molecule has 0 aliphatic carbocycles. The summed E-state index contributed by atoms with van der Waals surface area (Å²) >= 11 is 0. The first-order valence-corrected chi connectivity index (χ1v) is 35.1. The third-order valence-corrected chi connectivity index (χ3v) is 16.6. The van der Waals surface area contributed by atoms with Gasteiger partial charge in [-0.3, -0.25) is 53.5 Å². The predicted octanol–water partition coefficient (Wildman–Crippen LogP) is 6.14. The molecule has 107 heavy (non-hydrogen) atoms. The summed E-state index contributed by atoms with van der Waals surface area (Å²) in [6, 6.07) is 42.4. The number of benzene rings is 6. The number of hydrogen-bond donors (Lipinski definition) is 9. The second-order valence-corrected chi connectivity index (χ2v) is 25.8. The normalized spacial score (nSPS) is 14.7. The zero-order chi connectivity index (χ0) is 75.9. The van der Waals surface area contributed by atoms with Crippen LogP contribution in [0.25, 0.3) is 18.2 Å². The lowest BCUT2D eigenvalue weighted by Crippen LogP contribution is -2.50. The molecule has 0 radical (unpaired) electrons. The molecule has 0 spiro atoms. The van der Waals surface area contributed by atoms with Gasteiger partial charge in [0.1, 0.15) is 30.9 Å². The Bertz CT molecular complexity index is 3940. The van der Waals surface area contributed by atoms with Crippen molar-refractivity contribution < 1.29 is 67.9 Å². The molecule has 9 rings (SSSR count). The molecular weight excluding hydrogens is 1380 g/mol. The Labute approximate surface area is 632 Å². The summed E-state index contributed by atoms with van der Waals surface area (Å²) in [5, 5.41) is 34.5. The van der Waals surface area contributed by atoms with E-state index in [0.29, 0.717) is 16.7 Å². The molecule has 24 heteroatoms. The van der Waals surface area contributed by atoms with Crippen LogP contribution in [0, 0.1) is 35.5 Å². The minimum absolute atomic E-state index is 0. The molecule has 564 valence electrons. The highest BCUT2D eigenvalue weighted by Gasteiger charge is 2.25. The van der Waals surface area contributed by atoms with E-state index in [9.17, 15) is 38.7 Å². The van der Waals surface area contributed by atoms with Crippen molar-refractivity contribution in [3.05, 3.63) is 231 Å². The molecule has 3 aliphatic rings. The summed E-state index contributed by atoms with van der Waals surface area (Å²) in [5.74, 6) is 14.8. The number of nitrogens with zero attached hydrogens (tertiary/aromatic N) is 3. The van der Waals surface area contributed by atoms with E-state index in [0.717, 1.165) is 132 Å². The second kappa shape index (κ2) is 46.7. The fraction of sp³-hybridized carbons (Fsp3) is 0.337. The number of hydrogen-bond acceptors (Lipinski definition) is 19. The summed E-state index contributed by atoms with van der Waals surface area (Å²) in [5.41, 5.74) is 22.1. The van der Waals surface area contributed by atoms with Crippen molar-refractivity contribution in [1.82, 2.24) is 36.1 Å². The molecule has 3 saturated heterocycles. The fourth-order valence-corrected chi connectivity index (χ4v) is 10.7. The molecule has 0 saturated carbocycles. The van der Waals surface area contributed by atoms with Crippen LogP contribution in [-0.2, 0) is 57.8 Å². The zero-order valence-electron chi connectivity index (χ0n) is 60.6. The Morgan fingerprint density at radius 1 is 0.467 bits per heavy atom. The van der Waals surface area contributed by atoms with Crippen LogP contribution in [0.4, 0.5) is 0 Å². The molecular formula is C83H96ClN9O14. The van der Waals surface area contributed by atoms with Crippen LogP contribution in [-0.4, -0.2) is 200 Å². The summed E-state index contributed by atoms with van der Waals surface area (Å²) in [4.78, 5) is 91.4. The number of ether oxygens (including phenoxy) is 4. The molecule has 3 aliphatic heterocycles. The SMILES string of the molecule is CC(C)(C)OC(=O)CC[C@H](NC(=O)c1ccc(C=CC#Cc2ccc(CN3CCOCC3)cc2)cc1)C(=O)CO.Cl.NC[C@H](NC(=O)c1ccc(/C=C/C#Cc2ccc(CN3CCOCC3)cc2)cc1)C(=O)CO.NC[C@H](NC(=O)c1ccc(/C=C\C#Cc2ccc(CN3CCOCC3)cc2)cc1)C(=O)NO. The number of hydroxylamine groups is 1. The molecule has 4 amide bonds. The van der Waals surface area contributed by atoms with Gasteiger partial charge in [0.15, 0.2) is 11.6 Å². The van der Waals surface area contributed by atoms with Crippen molar-refractivity contribution in [2.24, 2.45) is 11.5 Å². The Balaban J connectivity index is 0.000000252. The molecule has 3 heterocycles. The molecule has 3 fully saturated rings. The van der Waals surface area contributed by atoms with Gasteiger partial charge >= 0.3 is 5.97 Å². The smallest absolute Gasteiger partial charge is 0.306 e. The standard InChI is InChI=1S/C32H38N2O6.C26H29N3O4.C25H28N4O4.ClH/c1-32(2,3)40-30(37)17-16-28(29(36)23-35)33-31(38)27-14-12-25(13-15-27)7-5-4-6-24-8-10-26(11-9-24)22-34-18-20-39-21-19-34;27-17-24(25(31)19-30)28-26(32)23-11-9-21(10-12-23)4-2-1-3-20-5-7-22(8-6-20)18-29-13-15-33-16-14-29;26-17-23(25(31)28-32)27-24(30)22-11-9-20(10-12-22)4-2-1-3-19-5-7-21(8-6-19)18-29-13-15-33-16-14-29;/h5,7-15,28,35H,16-23H2,1-3H3,(H,33,38);2,4-12,24,30H,13-19,27H2,(H,28,32);2,4-12,23,32H,13-18,26H2,(H,27,30)(H,28,31);1H/b;4-2+;4-2-;/t28-;24-;23-;/m000./s1. The van der Waals surface area contributed by atoms with Crippen LogP contribution in [0.5, 0.6) is 0 Å². The number of Topliss-reactive ketones (excluding diaryl/α,β-unsaturated/α-hetero) is 2. The number of esters is 1. The van der Waals surface area contributed by atoms with Gasteiger partial charge in [-0.15, -0.1) is 12.4 Å². The van der Waals surface area contributed by atoms with Crippen LogP contribution >= 0.6 is 12.4 Å². The summed E-state index contributed by atoms with van der Waals surface area (Å²) in [7, 11) is 0. The van der Waals surface area contributed by atoms with Crippen molar-refractivity contribution in [2.45, 2.75) is 77.0 Å². The minimum atomic E-state index is -1.01.